The van der Waals surface area contributed by atoms with Crippen LogP contribution in [0.3, 0.4) is 0 Å². The van der Waals surface area contributed by atoms with Crippen LogP contribution in [0.1, 0.15) is 24.2 Å². The maximum absolute atomic E-state index is 11.9. The summed E-state index contributed by atoms with van der Waals surface area (Å²) in [5.74, 6) is -0.651. The van der Waals surface area contributed by atoms with E-state index in [4.69, 9.17) is 9.47 Å². The van der Waals surface area contributed by atoms with Gasteiger partial charge in [0, 0.05) is 11.8 Å². The Bertz CT molecular complexity index is 802. The van der Waals surface area contributed by atoms with Crippen LogP contribution in [0.25, 0.3) is 0 Å². The number of hydrogen-bond donors (Lipinski definition) is 1. The third kappa shape index (κ3) is 5.59. The van der Waals surface area contributed by atoms with Gasteiger partial charge in [0.25, 0.3) is 11.6 Å². The molecule has 26 heavy (non-hydrogen) atoms. The van der Waals surface area contributed by atoms with Crippen LogP contribution in [0.5, 0.6) is 5.75 Å². The summed E-state index contributed by atoms with van der Waals surface area (Å²) in [6.07, 6.45) is -0.215. The lowest BCUT2D eigenvalue weighted by Crippen LogP contribution is -2.20. The summed E-state index contributed by atoms with van der Waals surface area (Å²) in [5.41, 5.74) is 0.745. The molecule has 1 N–H and O–H groups in total. The second-order valence-corrected chi connectivity index (χ2v) is 5.62. The number of ether oxygens (including phenoxy) is 2. The lowest BCUT2D eigenvalue weighted by atomic mass is 10.2. The molecule has 0 unspecified atom stereocenters. The minimum atomic E-state index is -0.543. The summed E-state index contributed by atoms with van der Waals surface area (Å²) in [6.45, 7) is 3.21. The molecule has 0 aliphatic heterocycles. The molecule has 0 saturated heterocycles. The van der Waals surface area contributed by atoms with Crippen molar-refractivity contribution in [2.24, 2.45) is 0 Å². The first-order valence-corrected chi connectivity index (χ1v) is 7.83. The van der Waals surface area contributed by atoms with Gasteiger partial charge < -0.3 is 14.8 Å². The number of hydrogen-bond acceptors (Lipinski definition) is 6. The van der Waals surface area contributed by atoms with Crippen LogP contribution in [0.4, 0.5) is 11.4 Å². The lowest BCUT2D eigenvalue weighted by molar-refractivity contribution is -0.384. The fourth-order valence-electron chi connectivity index (χ4n) is 2.00. The molecule has 0 aliphatic rings. The minimum absolute atomic E-state index is 0.119. The van der Waals surface area contributed by atoms with E-state index in [0.29, 0.717) is 11.3 Å². The summed E-state index contributed by atoms with van der Waals surface area (Å²) in [4.78, 5) is 33.8. The van der Waals surface area contributed by atoms with Crippen LogP contribution in [0, 0.1) is 10.1 Å². The normalized spacial score (nSPS) is 10.3. The second kappa shape index (κ2) is 8.61. The van der Waals surface area contributed by atoms with Crippen molar-refractivity contribution < 1.29 is 24.0 Å². The van der Waals surface area contributed by atoms with E-state index >= 15 is 0 Å². The first-order chi connectivity index (χ1) is 12.3. The monoisotopic (exact) mass is 358 g/mol. The van der Waals surface area contributed by atoms with Gasteiger partial charge in [0.05, 0.1) is 22.7 Å². The molecular formula is C18H18N2O6. The topological polar surface area (TPSA) is 108 Å². The van der Waals surface area contributed by atoms with Gasteiger partial charge in [-0.2, -0.15) is 0 Å². The number of carbonyl (C=O) groups excluding carboxylic acids is 2. The van der Waals surface area contributed by atoms with Gasteiger partial charge >= 0.3 is 5.97 Å². The minimum Gasteiger partial charge on any atom is -0.484 e. The van der Waals surface area contributed by atoms with Crippen molar-refractivity contribution in [3.05, 3.63) is 64.2 Å². The maximum Gasteiger partial charge on any atom is 0.338 e. The molecule has 2 aromatic carbocycles. The Balaban J connectivity index is 1.89. The Labute approximate surface area is 149 Å². The number of nitro benzene ring substituents is 1. The van der Waals surface area contributed by atoms with Crippen LogP contribution >= 0.6 is 0 Å². The number of nitro groups is 1. The molecule has 136 valence electrons. The third-order valence-corrected chi connectivity index (χ3v) is 3.15. The summed E-state index contributed by atoms with van der Waals surface area (Å²) in [5, 5.41) is 13.3. The van der Waals surface area contributed by atoms with Gasteiger partial charge in [-0.25, -0.2) is 4.79 Å². The van der Waals surface area contributed by atoms with Gasteiger partial charge in [0.1, 0.15) is 5.75 Å². The van der Waals surface area contributed by atoms with E-state index in [9.17, 15) is 19.7 Å². The smallest absolute Gasteiger partial charge is 0.338 e. The van der Waals surface area contributed by atoms with Crippen LogP contribution < -0.4 is 10.1 Å². The zero-order valence-electron chi connectivity index (χ0n) is 14.3. The Kier molecular flexibility index (Phi) is 6.26. The molecule has 0 aliphatic carbocycles. The number of nitrogens with zero attached hydrogens (tertiary/aromatic N) is 1. The first kappa shape index (κ1) is 18.9. The molecule has 8 heteroatoms. The zero-order valence-corrected chi connectivity index (χ0v) is 14.3. The molecule has 2 rings (SSSR count). The van der Waals surface area contributed by atoms with Crippen LogP contribution in [0.2, 0.25) is 0 Å². The molecule has 0 bridgehead atoms. The van der Waals surface area contributed by atoms with Crippen molar-refractivity contribution in [2.75, 3.05) is 11.9 Å². The molecule has 8 nitrogen and oxygen atoms in total. The molecule has 2 aromatic rings. The summed E-state index contributed by atoms with van der Waals surface area (Å²) < 4.78 is 10.3. The number of amides is 1. The van der Waals surface area contributed by atoms with Gasteiger partial charge in [-0.3, -0.25) is 14.9 Å². The fourth-order valence-corrected chi connectivity index (χ4v) is 2.00. The quantitative estimate of drug-likeness (QED) is 0.463. The van der Waals surface area contributed by atoms with Gasteiger partial charge in [-0.15, -0.1) is 0 Å². The highest BCUT2D eigenvalue weighted by atomic mass is 16.6. The first-order valence-electron chi connectivity index (χ1n) is 7.83. The third-order valence-electron chi connectivity index (χ3n) is 3.15. The molecule has 0 aromatic heterocycles. The van der Waals surface area contributed by atoms with Gasteiger partial charge in [-0.1, -0.05) is 6.07 Å². The summed E-state index contributed by atoms with van der Waals surface area (Å²) >= 11 is 0. The highest BCUT2D eigenvalue weighted by molar-refractivity contribution is 5.93. The highest BCUT2D eigenvalue weighted by Crippen LogP contribution is 2.19. The Morgan fingerprint density at radius 2 is 1.85 bits per heavy atom. The standard InChI is InChI=1S/C18H18N2O6/c1-12(2)26-18(22)13-6-8-14(9-7-13)19-17(21)11-25-16-5-3-4-15(10-16)20(23)24/h3-10,12H,11H2,1-2H3,(H,19,21). The number of rotatable bonds is 7. The van der Waals surface area contributed by atoms with Crippen LogP contribution in [-0.4, -0.2) is 29.5 Å². The molecular weight excluding hydrogens is 340 g/mol. The largest absolute Gasteiger partial charge is 0.484 e. The van der Waals surface area contributed by atoms with E-state index in [2.05, 4.69) is 5.32 Å². The van der Waals surface area contributed by atoms with E-state index in [1.165, 1.54) is 24.3 Å². The number of nitrogens with one attached hydrogen (secondary N) is 1. The second-order valence-electron chi connectivity index (χ2n) is 5.62. The molecule has 1 amide bonds. The number of anilines is 1. The van der Waals surface area contributed by atoms with Gasteiger partial charge in [0.2, 0.25) is 0 Å². The number of non-ortho nitro benzene ring substituents is 1. The van der Waals surface area contributed by atoms with E-state index in [1.807, 2.05) is 0 Å². The van der Waals surface area contributed by atoms with E-state index in [0.717, 1.165) is 0 Å². The van der Waals surface area contributed by atoms with Crippen molar-refractivity contribution in [3.8, 4) is 5.75 Å². The van der Waals surface area contributed by atoms with Crippen LogP contribution in [-0.2, 0) is 9.53 Å². The average Bonchev–Trinajstić information content (AvgIpc) is 2.60. The average molecular weight is 358 g/mol. The maximum atomic E-state index is 11.9. The number of carbonyl (C=O) groups is 2. The van der Waals surface area contributed by atoms with Crippen molar-refractivity contribution in [3.63, 3.8) is 0 Å². The Hall–Kier alpha value is -3.42. The molecule has 0 radical (unpaired) electrons. The van der Waals surface area contributed by atoms with Crippen molar-refractivity contribution >= 4 is 23.3 Å². The lowest BCUT2D eigenvalue weighted by Gasteiger charge is -2.09. The fraction of sp³-hybridized carbons (Fsp3) is 0.222. The Morgan fingerprint density at radius 1 is 1.15 bits per heavy atom. The predicted octanol–water partition coefficient (Wildman–Crippen LogP) is 3.18. The predicted molar refractivity (Wildman–Crippen MR) is 94.2 cm³/mol. The SMILES string of the molecule is CC(C)OC(=O)c1ccc(NC(=O)COc2cccc([N+](=O)[O-])c2)cc1. The molecule has 0 atom stereocenters. The van der Waals surface area contributed by atoms with E-state index in [-0.39, 0.29) is 24.1 Å². The summed E-state index contributed by atoms with van der Waals surface area (Å²) in [7, 11) is 0. The number of benzene rings is 2. The Morgan fingerprint density at radius 3 is 2.46 bits per heavy atom. The number of esters is 1. The molecule has 0 saturated carbocycles. The van der Waals surface area contributed by atoms with Crippen molar-refractivity contribution in [1.82, 2.24) is 0 Å². The van der Waals surface area contributed by atoms with Crippen molar-refractivity contribution in [1.29, 1.82) is 0 Å². The van der Waals surface area contributed by atoms with Crippen molar-refractivity contribution in [2.45, 2.75) is 20.0 Å². The van der Waals surface area contributed by atoms with E-state index in [1.54, 1.807) is 38.1 Å². The molecule has 0 heterocycles. The summed E-state index contributed by atoms with van der Waals surface area (Å²) in [6, 6.07) is 11.8. The highest BCUT2D eigenvalue weighted by Gasteiger charge is 2.11. The van der Waals surface area contributed by atoms with E-state index < -0.39 is 16.8 Å². The van der Waals surface area contributed by atoms with Gasteiger partial charge in [0.15, 0.2) is 6.61 Å². The van der Waals surface area contributed by atoms with Gasteiger partial charge in [-0.05, 0) is 44.2 Å². The molecule has 0 spiro atoms. The van der Waals surface area contributed by atoms with Crippen LogP contribution in [0.15, 0.2) is 48.5 Å². The zero-order chi connectivity index (χ0) is 19.1. The molecule has 0 fully saturated rings.